The smallest absolute Gasteiger partial charge is 0.254 e. The van der Waals surface area contributed by atoms with Gasteiger partial charge in [-0.1, -0.05) is 23.2 Å². The van der Waals surface area contributed by atoms with Crippen LogP contribution in [0.4, 0.5) is 5.69 Å². The number of carbonyl (C=O) groups excluding carboxylic acids is 1. The molecule has 2 rings (SSSR count). The number of anilines is 1. The van der Waals surface area contributed by atoms with E-state index in [0.717, 1.165) is 0 Å². The van der Waals surface area contributed by atoms with Gasteiger partial charge in [-0.2, -0.15) is 0 Å². The van der Waals surface area contributed by atoms with Gasteiger partial charge in [-0.05, 0) is 32.0 Å². The van der Waals surface area contributed by atoms with Gasteiger partial charge in [-0.25, -0.2) is 4.98 Å². The minimum atomic E-state index is -0.363. The predicted octanol–water partition coefficient (Wildman–Crippen LogP) is 2.87. The minimum absolute atomic E-state index is 0.0860. The molecule has 2 aromatic rings. The van der Waals surface area contributed by atoms with Gasteiger partial charge in [0.05, 0.1) is 17.1 Å². The molecule has 0 saturated carbocycles. The summed E-state index contributed by atoms with van der Waals surface area (Å²) in [4.78, 5) is 30.6. The number of hydrogen-bond acceptors (Lipinski definition) is 3. The Balaban J connectivity index is 2.20. The molecule has 2 N–H and O–H groups in total. The average Bonchev–Trinajstić information content (AvgIpc) is 2.38. The van der Waals surface area contributed by atoms with E-state index < -0.39 is 0 Å². The van der Waals surface area contributed by atoms with Gasteiger partial charge in [0.25, 0.3) is 5.56 Å². The van der Waals surface area contributed by atoms with Crippen molar-refractivity contribution in [3.63, 3.8) is 0 Å². The van der Waals surface area contributed by atoms with Gasteiger partial charge in [-0.15, -0.1) is 0 Å². The molecule has 0 saturated heterocycles. The predicted molar refractivity (Wildman–Crippen MR) is 83.1 cm³/mol. The molecule has 0 aliphatic rings. The molecule has 0 radical (unpaired) electrons. The van der Waals surface area contributed by atoms with Crippen LogP contribution < -0.4 is 10.9 Å². The van der Waals surface area contributed by atoms with E-state index in [1.54, 1.807) is 32.0 Å². The summed E-state index contributed by atoms with van der Waals surface area (Å²) in [6, 6.07) is 4.76. The van der Waals surface area contributed by atoms with Crippen LogP contribution in [0, 0.1) is 13.8 Å². The van der Waals surface area contributed by atoms with Crippen molar-refractivity contribution in [2.24, 2.45) is 0 Å². The number of nitrogens with one attached hydrogen (secondary N) is 2. The Labute approximate surface area is 131 Å². The summed E-state index contributed by atoms with van der Waals surface area (Å²) < 4.78 is 0. The lowest BCUT2D eigenvalue weighted by Gasteiger charge is -2.08. The summed E-state index contributed by atoms with van der Waals surface area (Å²) in [6.45, 7) is 3.38. The summed E-state index contributed by atoms with van der Waals surface area (Å²) in [7, 11) is 0. The maximum absolute atomic E-state index is 12.0. The molecule has 5 nitrogen and oxygen atoms in total. The molecule has 0 aliphatic heterocycles. The second-order valence-electron chi connectivity index (χ2n) is 4.56. The number of H-pyrrole nitrogens is 1. The summed E-state index contributed by atoms with van der Waals surface area (Å²) >= 11 is 11.8. The van der Waals surface area contributed by atoms with Crippen molar-refractivity contribution in [1.82, 2.24) is 9.97 Å². The molecule has 0 aliphatic carbocycles. The highest BCUT2D eigenvalue weighted by Crippen LogP contribution is 2.25. The molecule has 21 heavy (non-hydrogen) atoms. The molecule has 1 aromatic heterocycles. The van der Waals surface area contributed by atoms with Gasteiger partial charge in [-0.3, -0.25) is 9.59 Å². The molecule has 0 fully saturated rings. The van der Waals surface area contributed by atoms with Gasteiger partial charge in [0.15, 0.2) is 0 Å². The fraction of sp³-hybridized carbons (Fsp3) is 0.214. The van der Waals surface area contributed by atoms with Gasteiger partial charge < -0.3 is 10.3 Å². The fourth-order valence-electron chi connectivity index (χ4n) is 1.91. The maximum Gasteiger partial charge on any atom is 0.254 e. The number of aromatic nitrogens is 2. The lowest BCUT2D eigenvalue weighted by molar-refractivity contribution is -0.115. The first-order chi connectivity index (χ1) is 9.86. The van der Waals surface area contributed by atoms with Crippen LogP contribution in [0.15, 0.2) is 23.0 Å². The highest BCUT2D eigenvalue weighted by molar-refractivity contribution is 6.35. The van der Waals surface area contributed by atoms with Gasteiger partial charge in [0.1, 0.15) is 5.82 Å². The summed E-state index contributed by atoms with van der Waals surface area (Å²) in [5.41, 5.74) is 0.954. The first-order valence-corrected chi connectivity index (χ1v) is 6.93. The largest absolute Gasteiger partial charge is 0.324 e. The van der Waals surface area contributed by atoms with Crippen LogP contribution in [-0.2, 0) is 11.2 Å². The number of halogens is 2. The van der Waals surface area contributed by atoms with E-state index in [4.69, 9.17) is 23.2 Å². The number of benzene rings is 1. The Bertz CT molecular complexity index is 756. The van der Waals surface area contributed by atoms with E-state index in [9.17, 15) is 9.59 Å². The molecular formula is C14H13Cl2N3O2. The van der Waals surface area contributed by atoms with Crippen LogP contribution in [0.2, 0.25) is 10.0 Å². The van der Waals surface area contributed by atoms with Crippen molar-refractivity contribution < 1.29 is 4.79 Å². The number of amides is 1. The third-order valence-corrected chi connectivity index (χ3v) is 3.45. The molecule has 7 heteroatoms. The monoisotopic (exact) mass is 325 g/mol. The van der Waals surface area contributed by atoms with Crippen LogP contribution in [-0.4, -0.2) is 15.9 Å². The highest BCUT2D eigenvalue weighted by atomic mass is 35.5. The third kappa shape index (κ3) is 3.83. The Morgan fingerprint density at radius 1 is 1.33 bits per heavy atom. The first kappa shape index (κ1) is 15.5. The Kier molecular flexibility index (Phi) is 4.65. The average molecular weight is 326 g/mol. The Morgan fingerprint density at radius 2 is 2.05 bits per heavy atom. The van der Waals surface area contributed by atoms with Crippen LogP contribution >= 0.6 is 23.2 Å². The Hall–Kier alpha value is -1.85. The first-order valence-electron chi connectivity index (χ1n) is 6.18. The second-order valence-corrected chi connectivity index (χ2v) is 5.41. The van der Waals surface area contributed by atoms with E-state index in [2.05, 4.69) is 15.3 Å². The zero-order valence-corrected chi connectivity index (χ0v) is 13.0. The highest BCUT2D eigenvalue weighted by Gasteiger charge is 2.13. The molecule has 0 bridgehead atoms. The quantitative estimate of drug-likeness (QED) is 0.911. The zero-order valence-electron chi connectivity index (χ0n) is 11.5. The molecular weight excluding hydrogens is 313 g/mol. The lowest BCUT2D eigenvalue weighted by atomic mass is 10.1. The molecule has 0 spiro atoms. The minimum Gasteiger partial charge on any atom is -0.324 e. The van der Waals surface area contributed by atoms with Crippen LogP contribution in [0.5, 0.6) is 0 Å². The van der Waals surface area contributed by atoms with Gasteiger partial charge >= 0.3 is 0 Å². The molecule has 1 amide bonds. The van der Waals surface area contributed by atoms with Crippen LogP contribution in [0.3, 0.4) is 0 Å². The maximum atomic E-state index is 12.0. The van der Waals surface area contributed by atoms with Crippen molar-refractivity contribution in [3.05, 3.63) is 55.7 Å². The molecule has 1 aromatic carbocycles. The summed E-state index contributed by atoms with van der Waals surface area (Å²) in [6.07, 6.45) is -0.0860. The summed E-state index contributed by atoms with van der Waals surface area (Å²) in [5, 5.41) is 3.47. The topological polar surface area (TPSA) is 74.8 Å². The third-order valence-electron chi connectivity index (χ3n) is 2.88. The van der Waals surface area contributed by atoms with Crippen molar-refractivity contribution >= 4 is 34.8 Å². The SMILES string of the molecule is Cc1nc(C)c(CC(=O)Nc2cc(Cl)ccc2Cl)c(=O)[nH]1. The number of hydrogen-bond donors (Lipinski definition) is 2. The molecule has 0 unspecified atom stereocenters. The number of aromatic amines is 1. The van der Waals surface area contributed by atoms with E-state index in [1.165, 1.54) is 0 Å². The number of rotatable bonds is 3. The molecule has 0 atom stereocenters. The normalized spacial score (nSPS) is 10.5. The number of carbonyl (C=O) groups is 1. The van der Waals surface area contributed by atoms with E-state index in [0.29, 0.717) is 32.8 Å². The molecule has 110 valence electrons. The second kappa shape index (κ2) is 6.28. The van der Waals surface area contributed by atoms with Crippen molar-refractivity contribution in [1.29, 1.82) is 0 Å². The van der Waals surface area contributed by atoms with Crippen molar-refractivity contribution in [2.75, 3.05) is 5.32 Å². The van der Waals surface area contributed by atoms with E-state index in [1.807, 2.05) is 0 Å². The zero-order chi connectivity index (χ0) is 15.6. The lowest BCUT2D eigenvalue weighted by Crippen LogP contribution is -2.24. The van der Waals surface area contributed by atoms with Gasteiger partial charge in [0.2, 0.25) is 5.91 Å². The van der Waals surface area contributed by atoms with E-state index in [-0.39, 0.29) is 17.9 Å². The Morgan fingerprint density at radius 3 is 2.71 bits per heavy atom. The van der Waals surface area contributed by atoms with Crippen LogP contribution in [0.25, 0.3) is 0 Å². The standard InChI is InChI=1S/C14H13Cl2N3O2/c1-7-10(14(21)18-8(2)17-7)6-13(20)19-12-5-9(15)3-4-11(12)16/h3-5H,6H2,1-2H3,(H,19,20)(H,17,18,21). The van der Waals surface area contributed by atoms with E-state index >= 15 is 0 Å². The number of aryl methyl sites for hydroxylation is 2. The fourth-order valence-corrected chi connectivity index (χ4v) is 2.24. The van der Waals surface area contributed by atoms with Gasteiger partial charge in [0, 0.05) is 16.3 Å². The molecule has 1 heterocycles. The van der Waals surface area contributed by atoms with Crippen molar-refractivity contribution in [2.45, 2.75) is 20.3 Å². The van der Waals surface area contributed by atoms with Crippen LogP contribution in [0.1, 0.15) is 17.1 Å². The summed E-state index contributed by atoms with van der Waals surface area (Å²) in [5.74, 6) is 0.151. The van der Waals surface area contributed by atoms with Crippen molar-refractivity contribution in [3.8, 4) is 0 Å². The number of nitrogens with zero attached hydrogens (tertiary/aromatic N) is 1.